The summed E-state index contributed by atoms with van der Waals surface area (Å²) < 4.78 is 17.8. The molecule has 1 saturated heterocycles. The minimum atomic E-state index is 0. The summed E-state index contributed by atoms with van der Waals surface area (Å²) in [6.45, 7) is 12.7. The predicted octanol–water partition coefficient (Wildman–Crippen LogP) is 10.7. The molecular formula is C44H46BrCl2N3O4. The van der Waals surface area contributed by atoms with Gasteiger partial charge in [0.2, 0.25) is 11.8 Å². The van der Waals surface area contributed by atoms with Crippen LogP contribution in [0.3, 0.4) is 0 Å². The average Bonchev–Trinajstić information content (AvgIpc) is 3.17. The van der Waals surface area contributed by atoms with Crippen LogP contribution in [0.25, 0.3) is 5.57 Å². The fourth-order valence-electron chi connectivity index (χ4n) is 6.18. The number of benzene rings is 4. The van der Waals surface area contributed by atoms with Crippen molar-refractivity contribution in [3.05, 3.63) is 152 Å². The van der Waals surface area contributed by atoms with E-state index in [0.29, 0.717) is 59.3 Å². The SMILES string of the molecule is Br.CC(C(=O)N1CCN(Cc2ccc(CCOc3ccc(C)cc3)cc2)CC1)=C(C)c1cc(C)c(Oc2ccc(OCc3ccccc3Cl)cn2)c(Cl)c1. The van der Waals surface area contributed by atoms with Gasteiger partial charge in [0.15, 0.2) is 5.75 Å². The molecule has 0 radical (unpaired) electrons. The van der Waals surface area contributed by atoms with Crippen molar-refractivity contribution in [3.63, 3.8) is 0 Å². The smallest absolute Gasteiger partial charge is 0.249 e. The lowest BCUT2D eigenvalue weighted by Gasteiger charge is -2.35. The molecule has 0 spiro atoms. The van der Waals surface area contributed by atoms with Crippen molar-refractivity contribution in [2.45, 2.75) is 47.3 Å². The Kier molecular flexibility index (Phi) is 14.6. The Morgan fingerprint density at radius 3 is 2.13 bits per heavy atom. The van der Waals surface area contributed by atoms with E-state index in [1.807, 2.05) is 74.2 Å². The lowest BCUT2D eigenvalue weighted by molar-refractivity contribution is -0.128. The number of aryl methyl sites for hydroxylation is 2. The highest BCUT2D eigenvalue weighted by Crippen LogP contribution is 2.36. The van der Waals surface area contributed by atoms with E-state index in [0.717, 1.165) is 54.1 Å². The number of pyridine rings is 1. The maximum Gasteiger partial charge on any atom is 0.249 e. The Morgan fingerprint density at radius 1 is 0.778 bits per heavy atom. The van der Waals surface area contributed by atoms with E-state index in [4.69, 9.17) is 37.4 Å². The van der Waals surface area contributed by atoms with Gasteiger partial charge in [0.25, 0.3) is 0 Å². The molecule has 1 aliphatic rings. The minimum absolute atomic E-state index is 0. The first-order chi connectivity index (χ1) is 25.6. The van der Waals surface area contributed by atoms with Crippen LogP contribution in [-0.2, 0) is 24.4 Å². The summed E-state index contributed by atoms with van der Waals surface area (Å²) in [5.74, 6) is 2.46. The van der Waals surface area contributed by atoms with E-state index in [9.17, 15) is 4.79 Å². The molecule has 10 heteroatoms. The Hall–Kier alpha value is -4.34. The number of piperazine rings is 1. The zero-order chi connectivity index (χ0) is 37.3. The quantitative estimate of drug-likeness (QED) is 0.110. The monoisotopic (exact) mass is 829 g/mol. The van der Waals surface area contributed by atoms with Crippen molar-refractivity contribution in [2.24, 2.45) is 0 Å². The fourth-order valence-corrected chi connectivity index (χ4v) is 6.68. The number of hydrogen-bond acceptors (Lipinski definition) is 6. The number of aromatic nitrogens is 1. The third kappa shape index (κ3) is 10.9. The summed E-state index contributed by atoms with van der Waals surface area (Å²) in [4.78, 5) is 22.4. The zero-order valence-corrected chi connectivity index (χ0v) is 34.3. The van der Waals surface area contributed by atoms with E-state index < -0.39 is 0 Å². The maximum atomic E-state index is 13.6. The first-order valence-corrected chi connectivity index (χ1v) is 18.7. The molecule has 5 aromatic rings. The molecule has 4 aromatic carbocycles. The predicted molar refractivity (Wildman–Crippen MR) is 224 cm³/mol. The fraction of sp³-hybridized carbons (Fsp3) is 0.273. The molecule has 1 fully saturated rings. The van der Waals surface area contributed by atoms with Crippen LogP contribution in [0.1, 0.15) is 47.2 Å². The largest absolute Gasteiger partial charge is 0.493 e. The Balaban J connectivity index is 0.00000561. The number of carbonyl (C=O) groups excluding carboxylic acids is 1. The highest BCUT2D eigenvalue weighted by Gasteiger charge is 2.24. The molecule has 0 atom stereocenters. The van der Waals surface area contributed by atoms with Gasteiger partial charge >= 0.3 is 0 Å². The molecular weight excluding hydrogens is 785 g/mol. The standard InChI is InChI=1S/C44H45Cl2N3O4.BrH/c1-30-9-15-38(16-10-30)51-24-19-34-11-13-35(14-12-34)28-48-20-22-49(23-21-48)44(50)33(4)32(3)37-25-31(2)43(41(46)26-37)53-42-18-17-39(27-47-42)52-29-36-7-5-6-8-40(36)45;/h5-18,25-27H,19-24,28-29H2,1-4H3;1H. The van der Waals surface area contributed by atoms with Crippen LogP contribution in [-0.4, -0.2) is 53.5 Å². The van der Waals surface area contributed by atoms with Gasteiger partial charge in [0.1, 0.15) is 18.1 Å². The van der Waals surface area contributed by atoms with Gasteiger partial charge in [-0.15, -0.1) is 17.0 Å². The Bertz CT molecular complexity index is 2020. The first-order valence-electron chi connectivity index (χ1n) is 17.9. The number of allylic oxidation sites excluding steroid dienone is 1. The van der Waals surface area contributed by atoms with Crippen molar-refractivity contribution in [2.75, 3.05) is 32.8 Å². The third-order valence-electron chi connectivity index (χ3n) is 9.58. The molecule has 0 saturated carbocycles. The van der Waals surface area contributed by atoms with Crippen LogP contribution in [0.2, 0.25) is 10.0 Å². The summed E-state index contributed by atoms with van der Waals surface area (Å²) in [5, 5.41) is 1.10. The average molecular weight is 832 g/mol. The van der Waals surface area contributed by atoms with Crippen molar-refractivity contribution in [1.29, 1.82) is 0 Å². The molecule has 54 heavy (non-hydrogen) atoms. The normalized spacial score (nSPS) is 13.5. The number of nitrogens with zero attached hydrogens (tertiary/aromatic N) is 3. The second-order valence-electron chi connectivity index (χ2n) is 13.5. The van der Waals surface area contributed by atoms with Gasteiger partial charge in [-0.1, -0.05) is 83.4 Å². The summed E-state index contributed by atoms with van der Waals surface area (Å²) in [6.07, 6.45) is 2.47. The Labute approximate surface area is 339 Å². The highest BCUT2D eigenvalue weighted by molar-refractivity contribution is 8.93. The first kappa shape index (κ1) is 40.8. The molecule has 1 amide bonds. The molecule has 0 unspecified atom stereocenters. The number of carbonyl (C=O) groups is 1. The Morgan fingerprint density at radius 2 is 1.46 bits per heavy atom. The van der Waals surface area contributed by atoms with E-state index in [2.05, 4.69) is 53.2 Å². The summed E-state index contributed by atoms with van der Waals surface area (Å²) in [7, 11) is 0. The van der Waals surface area contributed by atoms with Gasteiger partial charge in [0.05, 0.1) is 17.8 Å². The van der Waals surface area contributed by atoms with Crippen molar-refractivity contribution in [3.8, 4) is 23.1 Å². The van der Waals surface area contributed by atoms with Gasteiger partial charge in [-0.25, -0.2) is 4.98 Å². The van der Waals surface area contributed by atoms with Crippen LogP contribution >= 0.6 is 40.2 Å². The molecule has 0 aliphatic carbocycles. The van der Waals surface area contributed by atoms with Gasteiger partial charge in [-0.2, -0.15) is 0 Å². The van der Waals surface area contributed by atoms with Gasteiger partial charge in [-0.3, -0.25) is 9.69 Å². The summed E-state index contributed by atoms with van der Waals surface area (Å²) in [5.41, 5.74) is 7.96. The minimum Gasteiger partial charge on any atom is -0.493 e. The topological polar surface area (TPSA) is 64.1 Å². The molecule has 0 bridgehead atoms. The van der Waals surface area contributed by atoms with E-state index in [-0.39, 0.29) is 22.9 Å². The summed E-state index contributed by atoms with van der Waals surface area (Å²) in [6, 6.07) is 31.9. The number of amides is 1. The van der Waals surface area contributed by atoms with Crippen LogP contribution < -0.4 is 14.2 Å². The number of hydrogen-bond donors (Lipinski definition) is 0. The van der Waals surface area contributed by atoms with E-state index in [1.165, 1.54) is 16.7 Å². The van der Waals surface area contributed by atoms with Crippen molar-refractivity contribution in [1.82, 2.24) is 14.8 Å². The van der Waals surface area contributed by atoms with E-state index >= 15 is 0 Å². The van der Waals surface area contributed by atoms with Crippen molar-refractivity contribution < 1.29 is 19.0 Å². The molecule has 1 aliphatic heterocycles. The lowest BCUT2D eigenvalue weighted by atomic mass is 9.99. The molecule has 1 aromatic heterocycles. The molecule has 282 valence electrons. The van der Waals surface area contributed by atoms with Crippen LogP contribution in [0.4, 0.5) is 0 Å². The van der Waals surface area contributed by atoms with Crippen LogP contribution in [0.15, 0.2) is 109 Å². The molecule has 7 nitrogen and oxygen atoms in total. The second kappa shape index (κ2) is 19.3. The zero-order valence-electron chi connectivity index (χ0n) is 31.1. The molecule has 6 rings (SSSR count). The van der Waals surface area contributed by atoms with Crippen molar-refractivity contribution >= 4 is 51.7 Å². The third-order valence-corrected chi connectivity index (χ3v) is 10.2. The maximum absolute atomic E-state index is 13.6. The number of ether oxygens (including phenoxy) is 3. The molecule has 2 heterocycles. The summed E-state index contributed by atoms with van der Waals surface area (Å²) >= 11 is 13.0. The van der Waals surface area contributed by atoms with Crippen LogP contribution in [0, 0.1) is 13.8 Å². The number of rotatable bonds is 13. The van der Waals surface area contributed by atoms with Gasteiger partial charge in [-0.05, 0) is 91.9 Å². The molecule has 0 N–H and O–H groups in total. The van der Waals surface area contributed by atoms with Gasteiger partial charge < -0.3 is 19.1 Å². The van der Waals surface area contributed by atoms with Gasteiger partial charge in [0, 0.05) is 61.4 Å². The van der Waals surface area contributed by atoms with Crippen LogP contribution in [0.5, 0.6) is 23.1 Å². The lowest BCUT2D eigenvalue weighted by Crippen LogP contribution is -2.48. The number of halogens is 3. The van der Waals surface area contributed by atoms with E-state index in [1.54, 1.807) is 18.3 Å². The second-order valence-corrected chi connectivity index (χ2v) is 14.3. The highest BCUT2D eigenvalue weighted by atomic mass is 79.9.